The van der Waals surface area contributed by atoms with E-state index in [9.17, 15) is 43.2 Å². The summed E-state index contributed by atoms with van der Waals surface area (Å²) < 4.78 is 0. The Morgan fingerprint density at radius 2 is 0.410 bits per heavy atom. The van der Waals surface area contributed by atoms with Crippen molar-refractivity contribution < 1.29 is 43.2 Å². The number of hydrogen-bond acceptors (Lipinski definition) is 24. The minimum atomic E-state index is -0.136. The second-order valence-corrected chi connectivity index (χ2v) is 28.3. The minimum Gasteiger partial charge on any atom is -0.355 e. The molecule has 0 radical (unpaired) electrons. The Balaban J connectivity index is 1.73. The zero-order valence-electron chi connectivity index (χ0n) is 68.7. The van der Waals surface area contributed by atoms with Crippen molar-refractivity contribution in [2.24, 2.45) is 51.6 Å². The Bertz CT molecular complexity index is 3310. The Morgan fingerprint density at radius 1 is 0.222 bits per heavy atom. The molecule has 4 rings (SSSR count). The van der Waals surface area contributed by atoms with Crippen LogP contribution in [0.5, 0.6) is 0 Å². The quantitative estimate of drug-likeness (QED) is 0.0192. The molecule has 0 fully saturated rings. The Hall–Kier alpha value is -9.61. The number of nitrogens with zero attached hydrogens (tertiary/aromatic N) is 6. The molecule has 32 nitrogen and oxygen atoms in total. The van der Waals surface area contributed by atoms with Crippen LogP contribution in [-0.4, -0.2) is 292 Å². The van der Waals surface area contributed by atoms with Crippen LogP contribution in [-0.2, 0) is 62.8 Å². The summed E-state index contributed by atoms with van der Waals surface area (Å²) in [6, 6.07) is 29.6. The van der Waals surface area contributed by atoms with Crippen LogP contribution in [0.2, 0.25) is 0 Å². The predicted octanol–water partition coefficient (Wildman–Crippen LogP) is -3.38. The fraction of sp³-hybridized carbons (Fsp3) is 0.541. The third-order valence-corrected chi connectivity index (χ3v) is 18.6. The lowest BCUT2D eigenvalue weighted by Gasteiger charge is -2.28. The number of ketones is 1. The lowest BCUT2D eigenvalue weighted by Crippen LogP contribution is -2.40. The third kappa shape index (κ3) is 48.0. The molecule has 0 unspecified atom stereocenters. The lowest BCUT2D eigenvalue weighted by molar-refractivity contribution is -0.123. The van der Waals surface area contributed by atoms with Crippen LogP contribution < -0.4 is 94.1 Å². The van der Waals surface area contributed by atoms with Gasteiger partial charge in [0.2, 0.25) is 47.3 Å². The minimum absolute atomic E-state index is 0.123. The number of carbonyl (C=O) groups is 9. The number of hydrogen-bond donors (Lipinski definition) is 17. The van der Waals surface area contributed by atoms with Gasteiger partial charge in [-0.3, -0.25) is 57.9 Å². The van der Waals surface area contributed by atoms with E-state index in [2.05, 4.69) is 107 Å². The van der Waals surface area contributed by atoms with Gasteiger partial charge in [-0.2, -0.15) is 0 Å². The summed E-state index contributed by atoms with van der Waals surface area (Å²) in [4.78, 5) is 128. The molecule has 642 valence electrons. The fourth-order valence-corrected chi connectivity index (χ4v) is 12.0. The Labute approximate surface area is 692 Å². The SMILES string of the molecule is NCCCC(=O)CCN(CCN(CCC(=O)NCCN)CCC(=O)NCCN)Cc1ccc(C#Cc2cc(C#Cc3ccc(CN(CCC(=O)NCCN)CCN(CCC(=O)NCCN)CCC(=O)NCCN)cc3)cc(C#Cc3ccc(CN(CCC(=O)NCCN)CCN(CCC(=O)NCCN)CCC(=O)NCCN)cc3)c2)cc1. The smallest absolute Gasteiger partial charge is 0.221 e. The van der Waals surface area contributed by atoms with Gasteiger partial charge in [0.25, 0.3) is 0 Å². The van der Waals surface area contributed by atoms with Crippen molar-refractivity contribution in [3.8, 4) is 35.5 Å². The molecule has 0 aliphatic rings. The van der Waals surface area contributed by atoms with Crippen molar-refractivity contribution in [3.63, 3.8) is 0 Å². The highest BCUT2D eigenvalue weighted by molar-refractivity contribution is 5.80. The van der Waals surface area contributed by atoms with Gasteiger partial charge in [0.1, 0.15) is 5.78 Å². The first-order valence-electron chi connectivity index (χ1n) is 41.1. The monoisotopic (exact) mass is 1620 g/mol. The number of amides is 8. The van der Waals surface area contributed by atoms with Gasteiger partial charge >= 0.3 is 0 Å². The molecule has 117 heavy (non-hydrogen) atoms. The molecule has 4 aromatic carbocycles. The highest BCUT2D eigenvalue weighted by Crippen LogP contribution is 2.16. The van der Waals surface area contributed by atoms with Crippen LogP contribution in [0.1, 0.15) is 121 Å². The van der Waals surface area contributed by atoms with Gasteiger partial charge in [0.05, 0.1) is 0 Å². The maximum absolute atomic E-state index is 13.0. The average Bonchev–Trinajstić information content (AvgIpc) is 0.866. The summed E-state index contributed by atoms with van der Waals surface area (Å²) in [5, 5.41) is 22.6. The molecule has 0 aliphatic heterocycles. The average molecular weight is 1620 g/mol. The Morgan fingerprint density at radius 3 is 0.615 bits per heavy atom. The van der Waals surface area contributed by atoms with Crippen molar-refractivity contribution >= 4 is 53.0 Å². The zero-order valence-corrected chi connectivity index (χ0v) is 68.7. The predicted molar refractivity (Wildman–Crippen MR) is 460 cm³/mol. The van der Waals surface area contributed by atoms with Gasteiger partial charge in [0, 0.05) is 320 Å². The summed E-state index contributed by atoms with van der Waals surface area (Å²) in [5.74, 6) is 19.3. The second-order valence-electron chi connectivity index (χ2n) is 28.3. The molecule has 0 saturated heterocycles. The number of benzene rings is 4. The molecule has 0 heterocycles. The normalized spacial score (nSPS) is 11.0. The summed E-state index contributed by atoms with van der Waals surface area (Å²) in [7, 11) is 0. The molecule has 26 N–H and O–H groups in total. The summed E-state index contributed by atoms with van der Waals surface area (Å²) in [6.45, 7) is 14.4. The van der Waals surface area contributed by atoms with Crippen LogP contribution >= 0.6 is 0 Å². The topological polar surface area (TPSA) is 503 Å². The van der Waals surface area contributed by atoms with E-state index in [1.54, 1.807) is 0 Å². The van der Waals surface area contributed by atoms with E-state index in [-0.39, 0.29) is 104 Å². The lowest BCUT2D eigenvalue weighted by atomic mass is 10.0. The molecule has 0 saturated carbocycles. The molecule has 8 amide bonds. The van der Waals surface area contributed by atoms with Crippen LogP contribution in [0.25, 0.3) is 0 Å². The largest absolute Gasteiger partial charge is 0.355 e. The standard InChI is InChI=1S/C85H133N23O9/c86-30-1-2-77(109)21-47-106(59-56-103(48-22-78(110)95-39-31-87)49-23-79(111)96-40-32-88)65-71-12-3-68(4-13-71)9-18-74-62-75(19-10-69-5-14-72(15-6-69)66-107(54-28-84(116)101-45-37-93)60-57-104(50-24-80(112)97-41-33-89)51-25-81(113)98-42-34-90)64-76(63-74)20-11-70-7-16-73(17-8-70)67-108(55-29-85(117)102-46-38-94)61-58-105(52-26-82(114)99-43-35-91)53-27-83(115)100-44-36-92/h3-8,12-17,62-64H,1-2,21-61,65-67,86-94H2,(H,95,110)(H,96,111)(H,97,112)(H,98,113)(H,99,114)(H,100,115)(H,101,116)(H,102,117). The number of carbonyl (C=O) groups excluding carboxylic acids is 9. The van der Waals surface area contributed by atoms with E-state index in [1.807, 2.05) is 91.0 Å². The van der Waals surface area contributed by atoms with Crippen molar-refractivity contribution in [2.75, 3.05) is 209 Å². The Kier molecular flexibility index (Phi) is 53.4. The maximum atomic E-state index is 13.0. The van der Waals surface area contributed by atoms with E-state index in [1.165, 1.54) is 0 Å². The van der Waals surface area contributed by atoms with E-state index in [4.69, 9.17) is 51.6 Å². The van der Waals surface area contributed by atoms with Crippen molar-refractivity contribution in [1.29, 1.82) is 0 Å². The first kappa shape index (κ1) is 99.7. The van der Waals surface area contributed by atoms with Crippen molar-refractivity contribution in [1.82, 2.24) is 71.9 Å². The van der Waals surface area contributed by atoms with Gasteiger partial charge < -0.3 is 109 Å². The van der Waals surface area contributed by atoms with Crippen LogP contribution in [0, 0.1) is 35.5 Å². The molecular weight excluding hydrogens is 1490 g/mol. The first-order valence-corrected chi connectivity index (χ1v) is 41.1. The van der Waals surface area contributed by atoms with Crippen molar-refractivity contribution in [2.45, 2.75) is 90.3 Å². The molecule has 0 spiro atoms. The van der Waals surface area contributed by atoms with Crippen LogP contribution in [0.15, 0.2) is 91.0 Å². The fourth-order valence-electron chi connectivity index (χ4n) is 12.0. The molecule has 0 bridgehead atoms. The summed E-state index contributed by atoms with van der Waals surface area (Å²) in [6.07, 6.45) is 3.15. The van der Waals surface area contributed by atoms with Gasteiger partial charge in [-0.15, -0.1) is 0 Å². The molecule has 4 aromatic rings. The van der Waals surface area contributed by atoms with Crippen LogP contribution in [0.3, 0.4) is 0 Å². The first-order chi connectivity index (χ1) is 56.8. The highest BCUT2D eigenvalue weighted by Gasteiger charge is 2.20. The maximum Gasteiger partial charge on any atom is 0.221 e. The number of rotatable bonds is 61. The molecule has 0 aliphatic carbocycles. The second kappa shape index (κ2) is 62.6. The molecule has 32 heteroatoms. The number of nitrogens with two attached hydrogens (primary N) is 9. The van der Waals surface area contributed by atoms with E-state index in [0.717, 1.165) is 33.4 Å². The number of nitrogens with one attached hydrogen (secondary N) is 8. The summed E-state index contributed by atoms with van der Waals surface area (Å²) in [5.41, 5.74) is 58.2. The van der Waals surface area contributed by atoms with Crippen molar-refractivity contribution in [3.05, 3.63) is 141 Å². The zero-order chi connectivity index (χ0) is 84.9. The van der Waals surface area contributed by atoms with E-state index in [0.29, 0.717) is 265 Å². The van der Waals surface area contributed by atoms with Gasteiger partial charge in [-0.05, 0) is 84.3 Å². The molecule has 0 aromatic heterocycles. The van der Waals surface area contributed by atoms with E-state index < -0.39 is 0 Å². The van der Waals surface area contributed by atoms with Crippen LogP contribution in [0.4, 0.5) is 0 Å². The molecular formula is C85H133N23O9. The van der Waals surface area contributed by atoms with Gasteiger partial charge in [0.15, 0.2) is 0 Å². The molecule has 0 atom stereocenters. The highest BCUT2D eigenvalue weighted by atomic mass is 16.2. The van der Waals surface area contributed by atoms with Gasteiger partial charge in [-0.25, -0.2) is 0 Å². The van der Waals surface area contributed by atoms with Gasteiger partial charge in [-0.1, -0.05) is 71.9 Å². The number of Topliss-reactive ketones (excluding diaryl/α,β-unsaturated/α-hetero) is 1. The van der Waals surface area contributed by atoms with E-state index >= 15 is 0 Å². The summed E-state index contributed by atoms with van der Waals surface area (Å²) >= 11 is 0. The third-order valence-electron chi connectivity index (χ3n) is 18.6.